The Morgan fingerprint density at radius 2 is 0.702 bits per heavy atom. The van der Waals surface area contributed by atoms with Gasteiger partial charge in [-0.25, -0.2) is 0 Å². The lowest BCUT2D eigenvalue weighted by molar-refractivity contribution is 1.67. The first-order valence-corrected chi connectivity index (χ1v) is 16.6. The minimum Gasteiger partial charge on any atom is -0.0836 e. The van der Waals surface area contributed by atoms with Crippen LogP contribution in [0.3, 0.4) is 0 Å². The van der Waals surface area contributed by atoms with Crippen molar-refractivity contribution >= 4 is 54.7 Å². The molecule has 0 amide bonds. The Morgan fingerprint density at radius 3 is 1.30 bits per heavy atom. The Hall–Kier alpha value is -5.69. The first-order valence-electron chi connectivity index (χ1n) is 16.2. The van der Waals surface area contributed by atoms with Crippen LogP contribution < -0.4 is 0 Å². The van der Waals surface area contributed by atoms with Crippen molar-refractivity contribution in [2.75, 3.05) is 0 Å². The second kappa shape index (κ2) is 9.19. The molecule has 9 aromatic carbocycles. The van der Waals surface area contributed by atoms with Crippen LogP contribution in [0.5, 0.6) is 0 Å². The minimum atomic E-state index is 0.773. The Labute approximate surface area is 277 Å². The van der Waals surface area contributed by atoms with E-state index in [1.807, 2.05) is 0 Å². The third kappa shape index (κ3) is 3.23. The maximum atomic E-state index is 7.36. The van der Waals surface area contributed by atoms with E-state index < -0.39 is 0 Å². The Balaban J connectivity index is 1.33. The predicted octanol–water partition coefficient (Wildman–Crippen LogP) is 13.6. The van der Waals surface area contributed by atoms with Crippen LogP contribution in [0.2, 0.25) is 5.02 Å². The maximum Gasteiger partial charge on any atom is 0.0491 e. The summed E-state index contributed by atoms with van der Waals surface area (Å²) >= 11 is 7.36. The molecule has 0 saturated heterocycles. The van der Waals surface area contributed by atoms with Gasteiger partial charge >= 0.3 is 0 Å². The zero-order valence-corrected chi connectivity index (χ0v) is 26.1. The van der Waals surface area contributed by atoms with Gasteiger partial charge in [0.1, 0.15) is 0 Å². The minimum absolute atomic E-state index is 0.773. The highest BCUT2D eigenvalue weighted by atomic mass is 35.5. The summed E-state index contributed by atoms with van der Waals surface area (Å²) in [4.78, 5) is 0. The Bertz CT molecular complexity index is 2860. The van der Waals surface area contributed by atoms with E-state index in [0.717, 1.165) is 10.4 Å². The summed E-state index contributed by atoms with van der Waals surface area (Å²) in [5.74, 6) is 0. The van der Waals surface area contributed by atoms with Gasteiger partial charge in [0.2, 0.25) is 0 Å². The Kier molecular flexibility index (Phi) is 4.99. The molecule has 0 saturated carbocycles. The van der Waals surface area contributed by atoms with Crippen molar-refractivity contribution in [3.63, 3.8) is 0 Å². The van der Waals surface area contributed by atoms with Gasteiger partial charge < -0.3 is 0 Å². The average Bonchev–Trinajstić information content (AvgIpc) is 3.64. The number of hydrogen-bond donors (Lipinski definition) is 0. The number of fused-ring (bicyclic) bond motifs is 8. The van der Waals surface area contributed by atoms with Gasteiger partial charge in [-0.2, -0.15) is 0 Å². The second-order valence-electron chi connectivity index (χ2n) is 12.8. The zero-order valence-electron chi connectivity index (χ0n) is 25.3. The van der Waals surface area contributed by atoms with E-state index in [9.17, 15) is 0 Å². The van der Waals surface area contributed by atoms with E-state index in [4.69, 9.17) is 11.6 Å². The van der Waals surface area contributed by atoms with E-state index in [-0.39, 0.29) is 0 Å². The fourth-order valence-corrected chi connectivity index (χ4v) is 9.08. The van der Waals surface area contributed by atoms with E-state index in [1.165, 1.54) is 104 Å². The third-order valence-electron chi connectivity index (χ3n) is 10.6. The van der Waals surface area contributed by atoms with Crippen molar-refractivity contribution in [3.8, 4) is 66.8 Å². The molecule has 0 N–H and O–H groups in total. The summed E-state index contributed by atoms with van der Waals surface area (Å²) in [7, 11) is 0. The van der Waals surface area contributed by atoms with Crippen LogP contribution in [-0.2, 0) is 0 Å². The average molecular weight is 613 g/mol. The molecule has 0 spiro atoms. The van der Waals surface area contributed by atoms with Crippen LogP contribution >= 0.6 is 11.6 Å². The summed E-state index contributed by atoms with van der Waals surface area (Å²) in [5, 5.41) is 10.7. The molecule has 216 valence electrons. The molecule has 0 nitrogen and oxygen atoms in total. The first kappa shape index (κ1) is 25.5. The quantitative estimate of drug-likeness (QED) is 0.170. The maximum absolute atomic E-state index is 7.36. The largest absolute Gasteiger partial charge is 0.0836 e. The first-order chi connectivity index (χ1) is 23.3. The molecule has 2 aliphatic rings. The summed E-state index contributed by atoms with van der Waals surface area (Å²) < 4.78 is 0. The summed E-state index contributed by atoms with van der Waals surface area (Å²) in [6.07, 6.45) is 0. The van der Waals surface area contributed by atoms with Crippen molar-refractivity contribution in [3.05, 3.63) is 157 Å². The highest BCUT2D eigenvalue weighted by molar-refractivity contribution is 6.40. The molecular formula is C46H25Cl. The molecule has 9 aromatic rings. The number of halogens is 1. The molecule has 0 heterocycles. The van der Waals surface area contributed by atoms with Gasteiger partial charge in [0.15, 0.2) is 0 Å². The normalized spacial score (nSPS) is 12.4. The van der Waals surface area contributed by atoms with Crippen molar-refractivity contribution < 1.29 is 0 Å². The second-order valence-corrected chi connectivity index (χ2v) is 13.2. The van der Waals surface area contributed by atoms with Crippen molar-refractivity contribution in [2.24, 2.45) is 0 Å². The topological polar surface area (TPSA) is 0 Å². The van der Waals surface area contributed by atoms with E-state index in [1.54, 1.807) is 0 Å². The van der Waals surface area contributed by atoms with Gasteiger partial charge in [-0.3, -0.25) is 0 Å². The Morgan fingerprint density at radius 1 is 0.255 bits per heavy atom. The van der Waals surface area contributed by atoms with Gasteiger partial charge in [-0.15, -0.1) is 0 Å². The molecule has 0 aliphatic heterocycles. The van der Waals surface area contributed by atoms with Crippen LogP contribution in [0.1, 0.15) is 0 Å². The fraction of sp³-hybridized carbons (Fsp3) is 0. The third-order valence-corrected chi connectivity index (χ3v) is 10.9. The van der Waals surface area contributed by atoms with Gasteiger partial charge in [0.05, 0.1) is 0 Å². The van der Waals surface area contributed by atoms with E-state index in [0.29, 0.717) is 0 Å². The number of hydrogen-bond acceptors (Lipinski definition) is 0. The van der Waals surface area contributed by atoms with Crippen molar-refractivity contribution in [2.45, 2.75) is 0 Å². The van der Waals surface area contributed by atoms with E-state index in [2.05, 4.69) is 152 Å². The van der Waals surface area contributed by atoms with Gasteiger partial charge in [0.25, 0.3) is 0 Å². The fourth-order valence-electron chi connectivity index (χ4n) is 8.81. The SMILES string of the molecule is Clc1cccc2c(-c3ccc4cccc5c4c3-c3ccccc3-5)c3ccccc3c(-c3ccc4cccc5c4c3-c3ccccc3-5)c12. The smallest absolute Gasteiger partial charge is 0.0491 e. The number of rotatable bonds is 2. The van der Waals surface area contributed by atoms with Crippen molar-refractivity contribution in [1.29, 1.82) is 0 Å². The molecule has 0 aromatic heterocycles. The van der Waals surface area contributed by atoms with Crippen molar-refractivity contribution in [1.82, 2.24) is 0 Å². The lowest BCUT2D eigenvalue weighted by atomic mass is 9.82. The van der Waals surface area contributed by atoms with Crippen LogP contribution in [0.15, 0.2) is 152 Å². The molecule has 0 atom stereocenters. The molecule has 0 unspecified atom stereocenters. The predicted molar refractivity (Wildman–Crippen MR) is 201 cm³/mol. The lowest BCUT2D eigenvalue weighted by Crippen LogP contribution is -1.94. The standard InChI is InChI=1S/C46H25Cl/c47-39-21-9-20-36-42(37-24-22-26-10-7-18-30-28-12-1-3-14-32(28)43(37)40(26)30)34-16-5-6-17-35(34)45(46(36)39)38-25-23-27-11-8-19-31-29-13-2-4-15-33(29)44(38)41(27)31/h1-25H. The van der Waals surface area contributed by atoms with E-state index >= 15 is 0 Å². The monoisotopic (exact) mass is 612 g/mol. The highest BCUT2D eigenvalue weighted by Gasteiger charge is 2.29. The highest BCUT2D eigenvalue weighted by Crippen LogP contribution is 2.57. The van der Waals surface area contributed by atoms with Crippen LogP contribution in [-0.4, -0.2) is 0 Å². The molecule has 1 heteroatoms. The molecule has 0 radical (unpaired) electrons. The van der Waals surface area contributed by atoms with Crippen LogP contribution in [0.25, 0.3) is 110 Å². The number of benzene rings is 9. The molecule has 11 rings (SSSR count). The van der Waals surface area contributed by atoms with Gasteiger partial charge in [-0.1, -0.05) is 157 Å². The molecule has 0 fully saturated rings. The molecule has 47 heavy (non-hydrogen) atoms. The van der Waals surface area contributed by atoms with Crippen LogP contribution in [0, 0.1) is 0 Å². The molecule has 0 bridgehead atoms. The van der Waals surface area contributed by atoms with Gasteiger partial charge in [0, 0.05) is 10.4 Å². The summed E-state index contributed by atoms with van der Waals surface area (Å²) in [6, 6.07) is 55.7. The summed E-state index contributed by atoms with van der Waals surface area (Å²) in [5.41, 5.74) is 15.3. The van der Waals surface area contributed by atoms with Crippen LogP contribution in [0.4, 0.5) is 0 Å². The summed E-state index contributed by atoms with van der Waals surface area (Å²) in [6.45, 7) is 0. The lowest BCUT2D eigenvalue weighted by Gasteiger charge is -2.22. The zero-order chi connectivity index (χ0) is 30.8. The molecular weight excluding hydrogens is 588 g/mol. The molecule has 2 aliphatic carbocycles. The van der Waals surface area contributed by atoms with Gasteiger partial charge in [-0.05, 0) is 111 Å².